The summed E-state index contributed by atoms with van der Waals surface area (Å²) in [6.45, 7) is 2.09. The van der Waals surface area contributed by atoms with Crippen molar-refractivity contribution in [3.63, 3.8) is 0 Å². The Kier molecular flexibility index (Phi) is 4.65. The van der Waals surface area contributed by atoms with Crippen LogP contribution in [0.25, 0.3) is 0 Å². The molecule has 0 bridgehead atoms. The third-order valence-corrected chi connectivity index (χ3v) is 3.87. The maximum Gasteiger partial charge on any atom is 0.167 e. The van der Waals surface area contributed by atoms with Gasteiger partial charge in [0.1, 0.15) is 11.5 Å². The van der Waals surface area contributed by atoms with Crippen LogP contribution in [0, 0.1) is 5.82 Å². The van der Waals surface area contributed by atoms with Gasteiger partial charge in [0.25, 0.3) is 0 Å². The van der Waals surface area contributed by atoms with Gasteiger partial charge in [-0.2, -0.15) is 0 Å². The largest absolute Gasteiger partial charge is 0.367 e. The fraction of sp³-hybridized carbons (Fsp3) is 0.400. The SMILES string of the molecule is CCCCC1(Cc2c(F)cccc2Cl)NC=C(C=O)N1. The Hall–Kier alpha value is -1.55. The molecule has 108 valence electrons. The highest BCUT2D eigenvalue weighted by Gasteiger charge is 2.34. The number of allylic oxidation sites excluding steroid dienone is 1. The van der Waals surface area contributed by atoms with E-state index in [-0.39, 0.29) is 5.82 Å². The van der Waals surface area contributed by atoms with Gasteiger partial charge in [-0.05, 0) is 25.0 Å². The molecule has 5 heteroatoms. The van der Waals surface area contributed by atoms with E-state index in [2.05, 4.69) is 17.6 Å². The van der Waals surface area contributed by atoms with Gasteiger partial charge in [-0.15, -0.1) is 0 Å². The zero-order valence-electron chi connectivity index (χ0n) is 11.4. The molecule has 20 heavy (non-hydrogen) atoms. The van der Waals surface area contributed by atoms with E-state index in [9.17, 15) is 9.18 Å². The van der Waals surface area contributed by atoms with Crippen LogP contribution in [0.4, 0.5) is 4.39 Å². The monoisotopic (exact) mass is 296 g/mol. The van der Waals surface area contributed by atoms with Crippen molar-refractivity contribution in [1.29, 1.82) is 0 Å². The zero-order chi connectivity index (χ0) is 14.6. The van der Waals surface area contributed by atoms with Crippen molar-refractivity contribution in [2.24, 2.45) is 0 Å². The number of halogens is 2. The summed E-state index contributed by atoms with van der Waals surface area (Å²) in [6.07, 6.45) is 5.54. The summed E-state index contributed by atoms with van der Waals surface area (Å²) in [7, 11) is 0. The van der Waals surface area contributed by atoms with Crippen molar-refractivity contribution in [2.45, 2.75) is 38.3 Å². The molecular weight excluding hydrogens is 279 g/mol. The molecule has 0 fully saturated rings. The van der Waals surface area contributed by atoms with E-state index in [0.29, 0.717) is 22.7 Å². The number of benzene rings is 1. The second-order valence-electron chi connectivity index (χ2n) is 5.05. The van der Waals surface area contributed by atoms with Gasteiger partial charge in [-0.3, -0.25) is 4.79 Å². The van der Waals surface area contributed by atoms with E-state index in [0.717, 1.165) is 25.5 Å². The molecule has 1 heterocycles. The molecule has 0 saturated carbocycles. The van der Waals surface area contributed by atoms with Gasteiger partial charge in [-0.1, -0.05) is 31.0 Å². The van der Waals surface area contributed by atoms with E-state index in [1.165, 1.54) is 6.07 Å². The molecule has 0 aromatic heterocycles. The minimum atomic E-state index is -0.544. The molecule has 0 aliphatic carbocycles. The summed E-state index contributed by atoms with van der Waals surface area (Å²) in [4.78, 5) is 10.9. The second-order valence-corrected chi connectivity index (χ2v) is 5.46. The molecular formula is C15H18ClFN2O. The Morgan fingerprint density at radius 1 is 1.45 bits per heavy atom. The molecule has 2 rings (SSSR count). The van der Waals surface area contributed by atoms with Crippen molar-refractivity contribution < 1.29 is 9.18 Å². The number of aldehydes is 1. The first-order valence-electron chi connectivity index (χ1n) is 6.74. The van der Waals surface area contributed by atoms with Crippen LogP contribution in [0.5, 0.6) is 0 Å². The number of carbonyl (C=O) groups is 1. The predicted octanol–water partition coefficient (Wildman–Crippen LogP) is 3.14. The Bertz CT molecular complexity index is 512. The fourth-order valence-corrected chi connectivity index (χ4v) is 2.66. The quantitative estimate of drug-likeness (QED) is 0.793. The Morgan fingerprint density at radius 3 is 2.85 bits per heavy atom. The summed E-state index contributed by atoms with van der Waals surface area (Å²) >= 11 is 6.09. The molecule has 1 aromatic carbocycles. The summed E-state index contributed by atoms with van der Waals surface area (Å²) in [6, 6.07) is 4.67. The minimum Gasteiger partial charge on any atom is -0.367 e. The molecule has 0 spiro atoms. The highest BCUT2D eigenvalue weighted by Crippen LogP contribution is 2.28. The van der Waals surface area contributed by atoms with Crippen LogP contribution >= 0.6 is 11.6 Å². The van der Waals surface area contributed by atoms with Gasteiger partial charge in [-0.25, -0.2) is 4.39 Å². The van der Waals surface area contributed by atoms with Crippen molar-refractivity contribution >= 4 is 17.9 Å². The average Bonchev–Trinajstić information content (AvgIpc) is 2.85. The summed E-state index contributed by atoms with van der Waals surface area (Å²) < 4.78 is 13.9. The smallest absolute Gasteiger partial charge is 0.167 e. The fourth-order valence-electron chi connectivity index (χ4n) is 2.43. The van der Waals surface area contributed by atoms with E-state index >= 15 is 0 Å². The second kappa shape index (κ2) is 6.27. The standard InChI is InChI=1S/C15H18ClFN2O/c1-2-3-7-15(18-9-11(10-20)19-15)8-12-13(16)5-4-6-14(12)17/h4-6,9-10,18-19H,2-3,7-8H2,1H3. The molecule has 1 aliphatic heterocycles. The van der Waals surface area contributed by atoms with Crippen molar-refractivity contribution in [1.82, 2.24) is 10.6 Å². The van der Waals surface area contributed by atoms with Crippen molar-refractivity contribution in [2.75, 3.05) is 0 Å². The van der Waals surface area contributed by atoms with Gasteiger partial charge in [0.05, 0.1) is 5.70 Å². The lowest BCUT2D eigenvalue weighted by molar-refractivity contribution is -0.105. The maximum absolute atomic E-state index is 13.9. The molecule has 0 saturated heterocycles. The van der Waals surface area contributed by atoms with E-state index in [1.54, 1.807) is 18.3 Å². The first-order valence-corrected chi connectivity index (χ1v) is 7.12. The van der Waals surface area contributed by atoms with Gasteiger partial charge >= 0.3 is 0 Å². The number of unbranched alkanes of at least 4 members (excludes halogenated alkanes) is 1. The Morgan fingerprint density at radius 2 is 2.25 bits per heavy atom. The average molecular weight is 297 g/mol. The maximum atomic E-state index is 13.9. The van der Waals surface area contributed by atoms with Crippen LogP contribution in [0.15, 0.2) is 30.1 Å². The third kappa shape index (κ3) is 3.12. The molecule has 0 radical (unpaired) electrons. The molecule has 1 aliphatic rings. The molecule has 1 unspecified atom stereocenters. The van der Waals surface area contributed by atoms with E-state index < -0.39 is 5.66 Å². The lowest BCUT2D eigenvalue weighted by atomic mass is 9.94. The third-order valence-electron chi connectivity index (χ3n) is 3.51. The van der Waals surface area contributed by atoms with Crippen molar-refractivity contribution in [3.05, 3.63) is 46.5 Å². The molecule has 1 atom stereocenters. The van der Waals surface area contributed by atoms with Crippen LogP contribution < -0.4 is 10.6 Å². The number of nitrogens with one attached hydrogen (secondary N) is 2. The first kappa shape index (κ1) is 14.9. The van der Waals surface area contributed by atoms with E-state index in [4.69, 9.17) is 11.6 Å². The highest BCUT2D eigenvalue weighted by molar-refractivity contribution is 6.31. The van der Waals surface area contributed by atoms with E-state index in [1.807, 2.05) is 0 Å². The topological polar surface area (TPSA) is 41.1 Å². The molecule has 0 amide bonds. The first-order chi connectivity index (χ1) is 9.60. The van der Waals surface area contributed by atoms with Crippen LogP contribution in [-0.4, -0.2) is 11.9 Å². The van der Waals surface area contributed by atoms with Gasteiger partial charge in [0.15, 0.2) is 6.29 Å². The minimum absolute atomic E-state index is 0.323. The van der Waals surface area contributed by atoms with Crippen LogP contribution in [0.3, 0.4) is 0 Å². The van der Waals surface area contributed by atoms with Gasteiger partial charge in [0, 0.05) is 23.2 Å². The lowest BCUT2D eigenvalue weighted by Gasteiger charge is -2.32. The summed E-state index contributed by atoms with van der Waals surface area (Å²) in [5.41, 5.74) is 0.400. The number of carbonyl (C=O) groups excluding carboxylic acids is 1. The highest BCUT2D eigenvalue weighted by atomic mass is 35.5. The van der Waals surface area contributed by atoms with Crippen molar-refractivity contribution in [3.8, 4) is 0 Å². The molecule has 3 nitrogen and oxygen atoms in total. The number of hydrogen-bond donors (Lipinski definition) is 2. The number of hydrogen-bond acceptors (Lipinski definition) is 3. The summed E-state index contributed by atoms with van der Waals surface area (Å²) in [5.74, 6) is -0.323. The number of rotatable bonds is 6. The summed E-state index contributed by atoms with van der Waals surface area (Å²) in [5, 5.41) is 6.73. The zero-order valence-corrected chi connectivity index (χ0v) is 12.1. The lowest BCUT2D eigenvalue weighted by Crippen LogP contribution is -2.52. The Balaban J connectivity index is 2.23. The Labute approximate surface area is 123 Å². The van der Waals surface area contributed by atoms with Gasteiger partial charge in [0.2, 0.25) is 0 Å². The van der Waals surface area contributed by atoms with Crippen LogP contribution in [0.2, 0.25) is 5.02 Å². The van der Waals surface area contributed by atoms with Crippen LogP contribution in [-0.2, 0) is 11.2 Å². The normalized spacial score (nSPS) is 21.1. The van der Waals surface area contributed by atoms with Crippen LogP contribution in [0.1, 0.15) is 31.7 Å². The van der Waals surface area contributed by atoms with Gasteiger partial charge < -0.3 is 10.6 Å². The predicted molar refractivity (Wildman–Crippen MR) is 77.8 cm³/mol. The molecule has 1 aromatic rings. The molecule has 2 N–H and O–H groups in total.